The Labute approximate surface area is 178 Å². The highest BCUT2D eigenvalue weighted by Gasteiger charge is 2.21. The third-order valence-electron chi connectivity index (χ3n) is 5.35. The molecule has 1 atom stereocenters. The molecule has 5 aromatic rings. The number of rotatable bonds is 5. The molecule has 0 saturated heterocycles. The van der Waals surface area contributed by atoms with E-state index in [1.54, 1.807) is 12.4 Å². The van der Waals surface area contributed by atoms with Crippen molar-refractivity contribution in [2.45, 2.75) is 25.8 Å². The highest BCUT2D eigenvalue weighted by molar-refractivity contribution is 5.97. The molecule has 1 unspecified atom stereocenters. The molecular formula is C24H21N5O2. The number of carbonyl (C=O) groups excluding carboxylic acids is 1. The second-order valence-electron chi connectivity index (χ2n) is 7.80. The van der Waals surface area contributed by atoms with Crippen molar-refractivity contribution < 1.29 is 9.32 Å². The van der Waals surface area contributed by atoms with Gasteiger partial charge in [-0.25, -0.2) is 9.97 Å². The van der Waals surface area contributed by atoms with Gasteiger partial charge in [0.25, 0.3) is 11.6 Å². The first-order valence-corrected chi connectivity index (χ1v) is 10.1. The van der Waals surface area contributed by atoms with Crippen LogP contribution in [0.15, 0.2) is 71.6 Å². The van der Waals surface area contributed by atoms with Crippen molar-refractivity contribution >= 4 is 28.0 Å². The van der Waals surface area contributed by atoms with Crippen LogP contribution in [0.2, 0.25) is 0 Å². The molecule has 0 bridgehead atoms. The lowest BCUT2D eigenvalue weighted by Gasteiger charge is -2.20. The highest BCUT2D eigenvalue weighted by Crippen LogP contribution is 2.27. The number of nitrogens with one attached hydrogen (secondary N) is 2. The first-order valence-electron chi connectivity index (χ1n) is 10.1. The van der Waals surface area contributed by atoms with Crippen LogP contribution in [0.5, 0.6) is 0 Å². The molecule has 0 saturated carbocycles. The molecule has 0 aliphatic rings. The lowest BCUT2D eigenvalue weighted by Crippen LogP contribution is -2.29. The van der Waals surface area contributed by atoms with Crippen molar-refractivity contribution in [3.63, 3.8) is 0 Å². The average Bonchev–Trinajstić information content (AvgIpc) is 3.43. The monoisotopic (exact) mass is 411 g/mol. The normalized spacial score (nSPS) is 12.5. The van der Waals surface area contributed by atoms with Gasteiger partial charge in [0, 0.05) is 6.20 Å². The molecule has 0 aliphatic carbocycles. The Morgan fingerprint density at radius 1 is 1.03 bits per heavy atom. The fraction of sp³-hybridized carbons (Fsp3) is 0.167. The lowest BCUT2D eigenvalue weighted by atomic mass is 9.97. The number of fused-ring (bicyclic) bond motifs is 2. The number of aromatic amines is 1. The summed E-state index contributed by atoms with van der Waals surface area (Å²) >= 11 is 0. The second-order valence-corrected chi connectivity index (χ2v) is 7.80. The predicted molar refractivity (Wildman–Crippen MR) is 118 cm³/mol. The fourth-order valence-corrected chi connectivity index (χ4v) is 3.74. The maximum atomic E-state index is 13.2. The van der Waals surface area contributed by atoms with Gasteiger partial charge < -0.3 is 14.8 Å². The Bertz CT molecular complexity index is 1370. The number of hydrogen-bond acceptors (Lipinski definition) is 5. The minimum absolute atomic E-state index is 0.166. The topological polar surface area (TPSA) is 96.7 Å². The molecule has 31 heavy (non-hydrogen) atoms. The zero-order chi connectivity index (χ0) is 21.4. The summed E-state index contributed by atoms with van der Waals surface area (Å²) < 4.78 is 5.30. The van der Waals surface area contributed by atoms with Crippen molar-refractivity contribution in [2.75, 3.05) is 0 Å². The van der Waals surface area contributed by atoms with Gasteiger partial charge in [0.1, 0.15) is 0 Å². The van der Waals surface area contributed by atoms with Crippen molar-refractivity contribution in [1.82, 2.24) is 25.4 Å². The van der Waals surface area contributed by atoms with Crippen molar-refractivity contribution in [1.29, 1.82) is 0 Å². The molecule has 7 nitrogen and oxygen atoms in total. The van der Waals surface area contributed by atoms with Crippen LogP contribution in [0.1, 0.15) is 53.0 Å². The molecule has 0 spiro atoms. The van der Waals surface area contributed by atoms with Crippen molar-refractivity contribution in [3.05, 3.63) is 89.5 Å². The van der Waals surface area contributed by atoms with Gasteiger partial charge in [-0.15, -0.1) is 0 Å². The Balaban J connectivity index is 1.52. The summed E-state index contributed by atoms with van der Waals surface area (Å²) in [5.41, 5.74) is 5.42. The smallest absolute Gasteiger partial charge is 0.257 e. The number of amides is 1. The second kappa shape index (κ2) is 7.68. The van der Waals surface area contributed by atoms with Crippen LogP contribution >= 0.6 is 0 Å². The largest absolute Gasteiger partial charge is 0.345 e. The first kappa shape index (κ1) is 19.0. The van der Waals surface area contributed by atoms with E-state index in [1.165, 1.54) is 6.20 Å². The molecule has 5 rings (SSSR count). The minimum atomic E-state index is -0.329. The SMILES string of the molecule is CC(C)c1noc2ncc(C(=O)NC(c3ccccc3)c3ccc4nc[nH]c4c3)cc12. The van der Waals surface area contributed by atoms with Gasteiger partial charge in [0.2, 0.25) is 0 Å². The molecule has 3 aromatic heterocycles. The minimum Gasteiger partial charge on any atom is -0.345 e. The van der Waals surface area contributed by atoms with E-state index < -0.39 is 0 Å². The van der Waals surface area contributed by atoms with Crippen LogP contribution in [-0.2, 0) is 0 Å². The lowest BCUT2D eigenvalue weighted by molar-refractivity contribution is 0.0943. The number of benzene rings is 2. The van der Waals surface area contributed by atoms with Crippen LogP contribution in [-0.4, -0.2) is 26.0 Å². The third kappa shape index (κ3) is 3.54. The maximum Gasteiger partial charge on any atom is 0.257 e. The van der Waals surface area contributed by atoms with Crippen molar-refractivity contribution in [3.8, 4) is 0 Å². The number of carbonyl (C=O) groups is 1. The molecule has 1 amide bonds. The third-order valence-corrected chi connectivity index (χ3v) is 5.35. The Kier molecular flexibility index (Phi) is 4.71. The Morgan fingerprint density at radius 3 is 2.68 bits per heavy atom. The fourth-order valence-electron chi connectivity index (χ4n) is 3.74. The number of H-pyrrole nitrogens is 1. The molecule has 2 N–H and O–H groups in total. The van der Waals surface area contributed by atoms with Gasteiger partial charge in [0.15, 0.2) is 0 Å². The quantitative estimate of drug-likeness (QED) is 0.435. The molecule has 0 fully saturated rings. The van der Waals surface area contributed by atoms with Crippen LogP contribution in [0.3, 0.4) is 0 Å². The van der Waals surface area contributed by atoms with Gasteiger partial charge in [-0.3, -0.25) is 4.79 Å². The molecule has 154 valence electrons. The van der Waals surface area contributed by atoms with E-state index >= 15 is 0 Å². The van der Waals surface area contributed by atoms with E-state index in [2.05, 4.69) is 25.4 Å². The number of hydrogen-bond donors (Lipinski definition) is 2. The zero-order valence-electron chi connectivity index (χ0n) is 17.2. The number of pyridine rings is 1. The van der Waals surface area contributed by atoms with E-state index in [-0.39, 0.29) is 17.9 Å². The number of nitrogens with zero attached hydrogens (tertiary/aromatic N) is 3. The molecule has 0 aliphatic heterocycles. The number of aromatic nitrogens is 4. The molecule has 2 aromatic carbocycles. The summed E-state index contributed by atoms with van der Waals surface area (Å²) in [6.07, 6.45) is 3.18. The van der Waals surface area contributed by atoms with Crippen LogP contribution in [0.4, 0.5) is 0 Å². The molecule has 0 radical (unpaired) electrons. The summed E-state index contributed by atoms with van der Waals surface area (Å²) in [4.78, 5) is 24.9. The van der Waals surface area contributed by atoms with Crippen LogP contribution in [0.25, 0.3) is 22.1 Å². The van der Waals surface area contributed by atoms with E-state index in [0.717, 1.165) is 33.2 Å². The average molecular weight is 411 g/mol. The summed E-state index contributed by atoms with van der Waals surface area (Å²) in [6, 6.07) is 17.3. The Hall–Kier alpha value is -4.00. The summed E-state index contributed by atoms with van der Waals surface area (Å²) in [6.45, 7) is 4.06. The van der Waals surface area contributed by atoms with Gasteiger partial charge in [-0.1, -0.05) is 55.4 Å². The van der Waals surface area contributed by atoms with E-state index in [0.29, 0.717) is 11.3 Å². The van der Waals surface area contributed by atoms with Crippen LogP contribution < -0.4 is 5.32 Å². The maximum absolute atomic E-state index is 13.2. The highest BCUT2D eigenvalue weighted by atomic mass is 16.5. The summed E-state index contributed by atoms with van der Waals surface area (Å²) in [5, 5.41) is 8.02. The van der Waals surface area contributed by atoms with E-state index in [9.17, 15) is 4.79 Å². The van der Waals surface area contributed by atoms with Gasteiger partial charge in [-0.2, -0.15) is 0 Å². The number of imidazole rings is 1. The van der Waals surface area contributed by atoms with Crippen molar-refractivity contribution in [2.24, 2.45) is 0 Å². The molecular weight excluding hydrogens is 390 g/mol. The van der Waals surface area contributed by atoms with Crippen LogP contribution in [0, 0.1) is 0 Å². The zero-order valence-corrected chi connectivity index (χ0v) is 17.2. The standard InChI is InChI=1S/C24H21N5O2/c1-14(2)21-18-10-17(12-25-24(18)31-29-21)23(30)28-22(15-6-4-3-5-7-15)16-8-9-19-20(11-16)27-13-26-19/h3-14,22H,1-2H3,(H,26,27)(H,28,30). The van der Waals surface area contributed by atoms with E-state index in [4.69, 9.17) is 4.52 Å². The summed E-state index contributed by atoms with van der Waals surface area (Å²) in [5.74, 6) is -0.0524. The van der Waals surface area contributed by atoms with Gasteiger partial charge in [0.05, 0.1) is 40.0 Å². The van der Waals surface area contributed by atoms with Gasteiger partial charge in [-0.05, 0) is 35.2 Å². The summed E-state index contributed by atoms with van der Waals surface area (Å²) in [7, 11) is 0. The van der Waals surface area contributed by atoms with Gasteiger partial charge >= 0.3 is 0 Å². The molecule has 7 heteroatoms. The first-order chi connectivity index (χ1) is 15.1. The van der Waals surface area contributed by atoms with E-state index in [1.807, 2.05) is 62.4 Å². The molecule has 3 heterocycles. The predicted octanol–water partition coefficient (Wildman–Crippen LogP) is 4.74. The Morgan fingerprint density at radius 2 is 1.87 bits per heavy atom.